The van der Waals surface area contributed by atoms with Crippen molar-refractivity contribution in [3.8, 4) is 5.75 Å². The number of morpholine rings is 1. The molecule has 0 radical (unpaired) electrons. The first-order valence-corrected chi connectivity index (χ1v) is 11.0. The lowest BCUT2D eigenvalue weighted by molar-refractivity contribution is 0.00752. The van der Waals surface area contributed by atoms with Crippen LogP contribution in [0.3, 0.4) is 0 Å². The average molecular weight is 553 g/mol. The highest BCUT2D eigenvalue weighted by Crippen LogP contribution is 2.14. The Hall–Kier alpha value is -1.91. The summed E-state index contributed by atoms with van der Waals surface area (Å²) >= 11 is 0. The van der Waals surface area contributed by atoms with Crippen molar-refractivity contribution in [2.24, 2.45) is 10.9 Å². The molecule has 2 heterocycles. The summed E-state index contributed by atoms with van der Waals surface area (Å²) in [6, 6.07) is 14.4. The number of nitrogens with one attached hydrogen (secondary N) is 2. The zero-order valence-corrected chi connectivity index (χ0v) is 21.6. The fourth-order valence-electron chi connectivity index (χ4n) is 3.65. The highest BCUT2D eigenvalue weighted by molar-refractivity contribution is 14.0. The van der Waals surface area contributed by atoms with E-state index < -0.39 is 0 Å². The number of aromatic nitrogens is 1. The zero-order valence-electron chi connectivity index (χ0n) is 19.3. The molecule has 0 saturated carbocycles. The minimum atomic E-state index is 0. The highest BCUT2D eigenvalue weighted by atomic mass is 127. The quantitative estimate of drug-likeness (QED) is 0.282. The summed E-state index contributed by atoms with van der Waals surface area (Å²) in [6.07, 6.45) is 1.78. The fraction of sp³-hybridized carbons (Fsp3) is 0.500. The molecule has 2 aromatic rings. The van der Waals surface area contributed by atoms with Crippen molar-refractivity contribution in [1.29, 1.82) is 0 Å². The van der Waals surface area contributed by atoms with E-state index in [1.54, 1.807) is 6.20 Å². The summed E-state index contributed by atoms with van der Waals surface area (Å²) in [5.41, 5.74) is 2.08. The second-order valence-electron chi connectivity index (χ2n) is 8.02. The van der Waals surface area contributed by atoms with E-state index in [0.717, 1.165) is 50.3 Å². The minimum Gasteiger partial charge on any atom is -0.487 e. The summed E-state index contributed by atoms with van der Waals surface area (Å²) in [7, 11) is 1.81. The van der Waals surface area contributed by atoms with Crippen LogP contribution < -0.4 is 15.4 Å². The van der Waals surface area contributed by atoms with E-state index in [1.165, 1.54) is 5.56 Å². The van der Waals surface area contributed by atoms with Crippen molar-refractivity contribution in [2.75, 3.05) is 39.9 Å². The third kappa shape index (κ3) is 8.55. The van der Waals surface area contributed by atoms with Crippen molar-refractivity contribution in [1.82, 2.24) is 20.5 Å². The zero-order chi connectivity index (χ0) is 21.9. The van der Waals surface area contributed by atoms with Gasteiger partial charge in [0.05, 0.1) is 18.9 Å². The molecule has 1 aromatic carbocycles. The van der Waals surface area contributed by atoms with Gasteiger partial charge in [-0.25, -0.2) is 0 Å². The Kier molecular flexibility index (Phi) is 11.8. The van der Waals surface area contributed by atoms with Gasteiger partial charge in [0.25, 0.3) is 0 Å². The number of benzene rings is 1. The predicted octanol–water partition coefficient (Wildman–Crippen LogP) is 3.30. The van der Waals surface area contributed by atoms with Gasteiger partial charge in [-0.15, -0.1) is 24.0 Å². The van der Waals surface area contributed by atoms with Crippen molar-refractivity contribution in [2.45, 2.75) is 33.0 Å². The van der Waals surface area contributed by atoms with Crippen molar-refractivity contribution in [3.05, 3.63) is 59.9 Å². The first-order valence-electron chi connectivity index (χ1n) is 11.0. The van der Waals surface area contributed by atoms with Crippen LogP contribution in [0, 0.1) is 5.92 Å². The smallest absolute Gasteiger partial charge is 0.191 e. The Balaban J connectivity index is 0.00000363. The second kappa shape index (κ2) is 14.3. The van der Waals surface area contributed by atoms with E-state index in [1.807, 2.05) is 37.4 Å². The first-order chi connectivity index (χ1) is 15.2. The summed E-state index contributed by atoms with van der Waals surface area (Å²) in [5, 5.41) is 6.90. The largest absolute Gasteiger partial charge is 0.487 e. The molecule has 1 aliphatic heterocycles. The number of halogens is 1. The molecule has 1 aliphatic rings. The molecule has 1 atom stereocenters. The van der Waals surface area contributed by atoms with Crippen LogP contribution in [0.2, 0.25) is 0 Å². The Labute approximate surface area is 209 Å². The van der Waals surface area contributed by atoms with Gasteiger partial charge in [0.15, 0.2) is 5.96 Å². The van der Waals surface area contributed by atoms with Crippen molar-refractivity contribution >= 4 is 29.9 Å². The van der Waals surface area contributed by atoms with Crippen LogP contribution in [0.1, 0.15) is 25.1 Å². The van der Waals surface area contributed by atoms with Crippen LogP contribution >= 0.6 is 24.0 Å². The normalized spacial score (nSPS) is 15.7. The van der Waals surface area contributed by atoms with E-state index in [9.17, 15) is 0 Å². The Morgan fingerprint density at radius 2 is 1.88 bits per heavy atom. The SMILES string of the molecule is CN=C(NCc1ccc(OCc2ccccn2)cc1)NCC(C(C)C)N1CCOCC1.I. The number of guanidine groups is 1. The third-order valence-corrected chi connectivity index (χ3v) is 5.48. The first kappa shape index (κ1) is 26.3. The van der Waals surface area contributed by atoms with Gasteiger partial charge in [0.2, 0.25) is 0 Å². The van der Waals surface area contributed by atoms with Gasteiger partial charge >= 0.3 is 0 Å². The second-order valence-corrected chi connectivity index (χ2v) is 8.02. The summed E-state index contributed by atoms with van der Waals surface area (Å²) in [6.45, 7) is 10.2. The molecule has 1 unspecified atom stereocenters. The van der Waals surface area contributed by atoms with E-state index in [4.69, 9.17) is 9.47 Å². The molecular weight excluding hydrogens is 517 g/mol. The molecule has 176 valence electrons. The van der Waals surface area contributed by atoms with Gasteiger partial charge in [-0.1, -0.05) is 32.0 Å². The van der Waals surface area contributed by atoms with Crippen LogP contribution in [0.5, 0.6) is 5.75 Å². The number of hydrogen-bond donors (Lipinski definition) is 2. The Morgan fingerprint density at radius 1 is 1.12 bits per heavy atom. The third-order valence-electron chi connectivity index (χ3n) is 5.48. The topological polar surface area (TPSA) is 71.0 Å². The van der Waals surface area contributed by atoms with E-state index in [2.05, 4.69) is 51.5 Å². The van der Waals surface area contributed by atoms with Gasteiger partial charge in [0.1, 0.15) is 12.4 Å². The maximum atomic E-state index is 5.81. The number of nitrogens with zero attached hydrogens (tertiary/aromatic N) is 3. The predicted molar refractivity (Wildman–Crippen MR) is 140 cm³/mol. The van der Waals surface area contributed by atoms with Crippen molar-refractivity contribution in [3.63, 3.8) is 0 Å². The monoisotopic (exact) mass is 553 g/mol. The Morgan fingerprint density at radius 3 is 2.50 bits per heavy atom. The summed E-state index contributed by atoms with van der Waals surface area (Å²) in [5.74, 6) is 2.21. The number of rotatable bonds is 9. The number of aliphatic imine (C=N–C) groups is 1. The average Bonchev–Trinajstić information content (AvgIpc) is 2.81. The van der Waals surface area contributed by atoms with Gasteiger partial charge in [-0.2, -0.15) is 0 Å². The van der Waals surface area contributed by atoms with E-state index >= 15 is 0 Å². The molecule has 1 aromatic heterocycles. The van der Waals surface area contributed by atoms with Crippen LogP contribution in [-0.4, -0.2) is 61.8 Å². The van der Waals surface area contributed by atoms with Gasteiger partial charge in [-0.3, -0.25) is 14.9 Å². The van der Waals surface area contributed by atoms with Gasteiger partial charge < -0.3 is 20.1 Å². The Bertz CT molecular complexity index is 796. The number of hydrogen-bond acceptors (Lipinski definition) is 5. The van der Waals surface area contributed by atoms with Crippen LogP contribution in [0.4, 0.5) is 0 Å². The number of ether oxygens (including phenoxy) is 2. The molecule has 32 heavy (non-hydrogen) atoms. The van der Waals surface area contributed by atoms with E-state index in [0.29, 0.717) is 25.1 Å². The maximum absolute atomic E-state index is 5.81. The molecular formula is C24H36IN5O2. The lowest BCUT2D eigenvalue weighted by Gasteiger charge is -2.37. The lowest BCUT2D eigenvalue weighted by atomic mass is 10.0. The van der Waals surface area contributed by atoms with Gasteiger partial charge in [-0.05, 0) is 35.7 Å². The van der Waals surface area contributed by atoms with Crippen LogP contribution in [0.25, 0.3) is 0 Å². The molecule has 0 amide bonds. The molecule has 7 nitrogen and oxygen atoms in total. The van der Waals surface area contributed by atoms with Gasteiger partial charge in [0, 0.05) is 45.5 Å². The molecule has 3 rings (SSSR count). The fourth-order valence-corrected chi connectivity index (χ4v) is 3.65. The highest BCUT2D eigenvalue weighted by Gasteiger charge is 2.23. The number of pyridine rings is 1. The lowest BCUT2D eigenvalue weighted by Crippen LogP contribution is -2.52. The molecule has 1 fully saturated rings. The molecule has 0 spiro atoms. The summed E-state index contributed by atoms with van der Waals surface area (Å²) < 4.78 is 11.3. The van der Waals surface area contributed by atoms with Crippen molar-refractivity contribution < 1.29 is 9.47 Å². The summed E-state index contributed by atoms with van der Waals surface area (Å²) in [4.78, 5) is 11.2. The van der Waals surface area contributed by atoms with E-state index in [-0.39, 0.29) is 24.0 Å². The minimum absolute atomic E-state index is 0. The molecule has 0 bridgehead atoms. The molecule has 2 N–H and O–H groups in total. The van der Waals surface area contributed by atoms with Crippen LogP contribution in [-0.2, 0) is 17.9 Å². The van der Waals surface area contributed by atoms with Crippen LogP contribution in [0.15, 0.2) is 53.7 Å². The molecule has 0 aliphatic carbocycles. The maximum Gasteiger partial charge on any atom is 0.191 e. The molecule has 1 saturated heterocycles. The standard InChI is InChI=1S/C24H35N5O2.HI/c1-19(2)23(29-12-14-30-15-13-29)17-28-24(25-3)27-16-20-7-9-22(10-8-20)31-18-21-6-4-5-11-26-21;/h4-11,19,23H,12-18H2,1-3H3,(H2,25,27,28);1H. The molecule has 8 heteroatoms.